The van der Waals surface area contributed by atoms with E-state index in [-0.39, 0.29) is 30.7 Å². The summed E-state index contributed by atoms with van der Waals surface area (Å²) in [5, 5.41) is 1.57. The van der Waals surface area contributed by atoms with Crippen molar-refractivity contribution in [3.05, 3.63) is 46.5 Å². The summed E-state index contributed by atoms with van der Waals surface area (Å²) < 4.78 is 11.7. The Morgan fingerprint density at radius 2 is 1.69 bits per heavy atom. The van der Waals surface area contributed by atoms with Crippen molar-refractivity contribution in [1.82, 2.24) is 15.1 Å². The SMILES string of the molecule is Bc1c(B)c(OCc2ccc(CN3CCOCC3=O)cc2)c2c(c1B)C(=O)N(C1CCC(=O)NC1=O)C2(B)B. The van der Waals surface area contributed by atoms with Gasteiger partial charge in [-0.3, -0.25) is 24.5 Å². The van der Waals surface area contributed by atoms with Crippen LogP contribution in [-0.4, -0.2) is 98.5 Å². The molecule has 0 bridgehead atoms. The predicted molar refractivity (Wildman–Crippen MR) is 159 cm³/mol. The Balaban J connectivity index is 1.41. The van der Waals surface area contributed by atoms with Crippen LogP contribution in [0.1, 0.15) is 39.9 Å². The zero-order valence-corrected chi connectivity index (χ0v) is 23.2. The summed E-state index contributed by atoms with van der Waals surface area (Å²) in [6.07, 6.45) is 0.492. The zero-order chi connectivity index (χ0) is 28.1. The van der Waals surface area contributed by atoms with E-state index in [4.69, 9.17) is 9.47 Å². The number of piperidine rings is 1. The lowest BCUT2D eigenvalue weighted by Gasteiger charge is -2.40. The van der Waals surface area contributed by atoms with E-state index in [2.05, 4.69) is 5.32 Å². The van der Waals surface area contributed by atoms with Gasteiger partial charge in [-0.15, -0.1) is 0 Å². The monoisotopic (exact) mass is 523 g/mol. The van der Waals surface area contributed by atoms with E-state index >= 15 is 0 Å². The number of hydrogen-bond acceptors (Lipinski definition) is 6. The first-order valence-corrected chi connectivity index (χ1v) is 13.4. The molecule has 39 heavy (non-hydrogen) atoms. The van der Waals surface area contributed by atoms with Crippen LogP contribution >= 0.6 is 0 Å². The van der Waals surface area contributed by atoms with E-state index in [1.54, 1.807) is 9.80 Å². The minimum atomic E-state index is -0.818. The van der Waals surface area contributed by atoms with Crippen molar-refractivity contribution in [2.75, 3.05) is 19.8 Å². The van der Waals surface area contributed by atoms with Gasteiger partial charge in [-0.2, -0.15) is 0 Å². The fourth-order valence-corrected chi connectivity index (χ4v) is 5.95. The van der Waals surface area contributed by atoms with Gasteiger partial charge in [0.1, 0.15) is 64.2 Å². The highest BCUT2D eigenvalue weighted by atomic mass is 16.5. The molecule has 0 aromatic heterocycles. The lowest BCUT2D eigenvalue weighted by Crippen LogP contribution is -2.59. The topological polar surface area (TPSA) is 105 Å². The Hall–Kier alpha value is -3.40. The highest BCUT2D eigenvalue weighted by molar-refractivity contribution is 6.60. The Morgan fingerprint density at radius 1 is 1.00 bits per heavy atom. The third-order valence-corrected chi connectivity index (χ3v) is 8.35. The number of fused-ring (bicyclic) bond motifs is 1. The van der Waals surface area contributed by atoms with Gasteiger partial charge < -0.3 is 19.3 Å². The maximum atomic E-state index is 13.8. The van der Waals surface area contributed by atoms with Crippen molar-refractivity contribution in [2.24, 2.45) is 0 Å². The number of nitrogens with zero attached hydrogens (tertiary/aromatic N) is 2. The Bertz CT molecular complexity index is 1380. The van der Waals surface area contributed by atoms with E-state index in [9.17, 15) is 19.2 Å². The molecule has 2 saturated heterocycles. The van der Waals surface area contributed by atoms with E-state index in [1.807, 2.05) is 63.5 Å². The first-order valence-electron chi connectivity index (χ1n) is 13.4. The summed E-state index contributed by atoms with van der Waals surface area (Å²) in [6.45, 7) is 2.11. The molecular formula is C25H30B5N3O6. The van der Waals surface area contributed by atoms with Gasteiger partial charge in [-0.05, 0) is 17.5 Å². The first-order chi connectivity index (χ1) is 18.5. The minimum Gasteiger partial charge on any atom is -0.489 e. The van der Waals surface area contributed by atoms with Gasteiger partial charge in [-0.25, -0.2) is 0 Å². The van der Waals surface area contributed by atoms with Crippen LogP contribution < -0.4 is 26.4 Å². The smallest absolute Gasteiger partial charge is 0.253 e. The molecule has 14 heteroatoms. The van der Waals surface area contributed by atoms with Gasteiger partial charge in [0.2, 0.25) is 17.7 Å². The molecule has 1 N–H and O–H groups in total. The third kappa shape index (κ3) is 4.79. The number of benzene rings is 2. The van der Waals surface area contributed by atoms with Crippen molar-refractivity contribution in [3.8, 4) is 5.75 Å². The number of hydrogen-bond donors (Lipinski definition) is 1. The van der Waals surface area contributed by atoms with Crippen LogP contribution in [0.3, 0.4) is 0 Å². The molecule has 1 unspecified atom stereocenters. The number of carbonyl (C=O) groups is 4. The number of nitrogens with one attached hydrogen (secondary N) is 1. The van der Waals surface area contributed by atoms with Gasteiger partial charge >= 0.3 is 0 Å². The van der Waals surface area contributed by atoms with E-state index in [0.29, 0.717) is 44.0 Å². The fraction of sp³-hybridized carbons (Fsp3) is 0.360. The highest BCUT2D eigenvalue weighted by Gasteiger charge is 2.51. The molecule has 0 radical (unpaired) electrons. The second kappa shape index (κ2) is 10.3. The second-order valence-corrected chi connectivity index (χ2v) is 11.1. The van der Waals surface area contributed by atoms with Gasteiger partial charge in [0, 0.05) is 36.0 Å². The van der Waals surface area contributed by atoms with Crippen molar-refractivity contribution in [2.45, 2.75) is 37.4 Å². The lowest BCUT2D eigenvalue weighted by atomic mass is 9.55. The summed E-state index contributed by atoms with van der Waals surface area (Å²) in [6, 6.07) is 7.25. The van der Waals surface area contributed by atoms with E-state index < -0.39 is 17.3 Å². The fourth-order valence-electron chi connectivity index (χ4n) is 5.95. The summed E-state index contributed by atoms with van der Waals surface area (Å²) in [7, 11) is 9.78. The average molecular weight is 523 g/mol. The Labute approximate surface area is 232 Å². The molecule has 1 atom stereocenters. The molecule has 3 heterocycles. The van der Waals surface area contributed by atoms with Gasteiger partial charge in [0.15, 0.2) is 0 Å². The lowest BCUT2D eigenvalue weighted by molar-refractivity contribution is -0.143. The molecule has 0 spiro atoms. The molecule has 0 aliphatic carbocycles. The quantitative estimate of drug-likeness (QED) is 0.299. The standard InChI is InChI=1S/C25H30B5N3O6/c26-19-17-18(25(29,30)33(24(17)37)14-5-6-15(34)31-23(14)36)22(21(28)20(19)27)39-10-13-3-1-12(2-4-13)9-32-7-8-38-11-16(32)35/h1-4,14H,5-11,26-30H2,(H,31,34,36). The normalized spacial score (nSPS) is 20.7. The highest BCUT2D eigenvalue weighted by Crippen LogP contribution is 2.41. The van der Waals surface area contributed by atoms with Crippen LogP contribution in [0.2, 0.25) is 0 Å². The summed E-state index contributed by atoms with van der Waals surface area (Å²) in [5.41, 5.74) is 6.16. The van der Waals surface area contributed by atoms with Crippen molar-refractivity contribution < 1.29 is 28.7 Å². The molecule has 3 aliphatic heterocycles. The van der Waals surface area contributed by atoms with Gasteiger partial charge in [0.05, 0.1) is 6.61 Å². The zero-order valence-electron chi connectivity index (χ0n) is 23.2. The van der Waals surface area contributed by atoms with Crippen LogP contribution in [-0.2, 0) is 37.6 Å². The third-order valence-electron chi connectivity index (χ3n) is 8.35. The largest absolute Gasteiger partial charge is 0.489 e. The maximum absolute atomic E-state index is 13.8. The minimum absolute atomic E-state index is 0.00348. The molecule has 0 saturated carbocycles. The predicted octanol–water partition coefficient (Wildman–Crippen LogP) is -5.96. The molecule has 196 valence electrons. The molecule has 9 nitrogen and oxygen atoms in total. The number of carbonyl (C=O) groups excluding carboxylic acids is 4. The average Bonchev–Trinajstić information content (AvgIpc) is 3.10. The summed E-state index contributed by atoms with van der Waals surface area (Å²) in [4.78, 5) is 53.9. The van der Waals surface area contributed by atoms with Gasteiger partial charge in [0.25, 0.3) is 5.91 Å². The van der Waals surface area contributed by atoms with Crippen LogP contribution in [0.4, 0.5) is 0 Å². The van der Waals surface area contributed by atoms with Crippen LogP contribution in [0.25, 0.3) is 0 Å². The Morgan fingerprint density at radius 3 is 2.36 bits per heavy atom. The van der Waals surface area contributed by atoms with Crippen molar-refractivity contribution in [1.29, 1.82) is 0 Å². The number of morpholine rings is 1. The number of imide groups is 1. The van der Waals surface area contributed by atoms with E-state index in [1.165, 1.54) is 0 Å². The molecule has 4 amide bonds. The van der Waals surface area contributed by atoms with Crippen molar-refractivity contribution in [3.63, 3.8) is 0 Å². The molecular weight excluding hydrogens is 492 g/mol. The molecule has 2 fully saturated rings. The van der Waals surface area contributed by atoms with Crippen LogP contribution in [0, 0.1) is 0 Å². The van der Waals surface area contributed by atoms with Crippen molar-refractivity contribution >= 4 is 79.2 Å². The van der Waals surface area contributed by atoms with Crippen LogP contribution in [0.15, 0.2) is 24.3 Å². The summed E-state index contributed by atoms with van der Waals surface area (Å²) in [5.74, 6) is -0.307. The molecule has 2 aromatic rings. The number of rotatable bonds is 6. The molecule has 3 aliphatic rings. The summed E-state index contributed by atoms with van der Waals surface area (Å²) >= 11 is 0. The van der Waals surface area contributed by atoms with Crippen LogP contribution in [0.5, 0.6) is 5.75 Å². The number of amides is 4. The van der Waals surface area contributed by atoms with E-state index in [0.717, 1.165) is 33.1 Å². The van der Waals surface area contributed by atoms with Gasteiger partial charge in [-0.1, -0.05) is 40.7 Å². The first kappa shape index (κ1) is 27.2. The maximum Gasteiger partial charge on any atom is 0.253 e. The molecule has 2 aromatic carbocycles. The number of ether oxygens (including phenoxy) is 2. The molecule has 5 rings (SSSR count). The Kier molecular flexibility index (Phi) is 7.18. The second-order valence-electron chi connectivity index (χ2n) is 11.1.